The molecule has 1 aromatic heterocycles. The molecule has 5 N–H and O–H groups in total. The van der Waals surface area contributed by atoms with Gasteiger partial charge < -0.3 is 11.5 Å². The van der Waals surface area contributed by atoms with Gasteiger partial charge in [0.15, 0.2) is 11.8 Å². The molecule has 1 saturated carbocycles. The third-order valence-electron chi connectivity index (χ3n) is 4.42. The van der Waals surface area contributed by atoms with E-state index < -0.39 is 15.6 Å². The molecule has 0 radical (unpaired) electrons. The molecule has 3 rings (SSSR count). The first-order valence-electron chi connectivity index (χ1n) is 7.92. The van der Waals surface area contributed by atoms with Crippen LogP contribution in [0.2, 0.25) is 5.02 Å². The maximum absolute atomic E-state index is 12.8. The molecule has 0 spiro atoms. The van der Waals surface area contributed by atoms with E-state index in [-0.39, 0.29) is 16.7 Å². The van der Waals surface area contributed by atoms with Crippen molar-refractivity contribution in [3.8, 4) is 0 Å². The number of aromatic nitrogens is 1. The highest BCUT2D eigenvalue weighted by atomic mass is 35.5. The van der Waals surface area contributed by atoms with Gasteiger partial charge >= 0.3 is 0 Å². The van der Waals surface area contributed by atoms with Gasteiger partial charge in [0.25, 0.3) is 0 Å². The number of nitrogens with two attached hydrogens (primary N) is 2. The predicted octanol–water partition coefficient (Wildman–Crippen LogP) is 2.40. The fourth-order valence-corrected chi connectivity index (χ4v) is 4.90. The first-order chi connectivity index (χ1) is 11.7. The molecular weight excluding hydrogens is 362 g/mol. The van der Waals surface area contributed by atoms with Crippen LogP contribution in [-0.4, -0.2) is 24.9 Å². The summed E-state index contributed by atoms with van der Waals surface area (Å²) in [6, 6.07) is 4.65. The van der Waals surface area contributed by atoms with Crippen LogP contribution in [0, 0.1) is 0 Å². The van der Waals surface area contributed by atoms with Crippen LogP contribution in [0.15, 0.2) is 34.3 Å². The van der Waals surface area contributed by atoms with Gasteiger partial charge in [0.05, 0.1) is 9.92 Å². The molecule has 134 valence electrons. The van der Waals surface area contributed by atoms with E-state index >= 15 is 0 Å². The normalized spacial score (nSPS) is 16.9. The average molecular weight is 382 g/mol. The minimum atomic E-state index is -3.68. The summed E-state index contributed by atoms with van der Waals surface area (Å²) < 4.78 is 28.4. The number of sulfonamides is 1. The first-order valence-corrected chi connectivity index (χ1v) is 9.78. The number of fused-ring (bicyclic) bond motifs is 1. The topological polar surface area (TPSA) is 123 Å². The van der Waals surface area contributed by atoms with Crippen molar-refractivity contribution in [2.24, 2.45) is 16.5 Å². The van der Waals surface area contributed by atoms with Gasteiger partial charge in [-0.2, -0.15) is 4.99 Å². The number of hydrogen-bond acceptors (Lipinski definition) is 4. The number of halogens is 1. The molecule has 0 atom stereocenters. The van der Waals surface area contributed by atoms with Gasteiger partial charge in [-0.1, -0.05) is 30.5 Å². The largest absolute Gasteiger partial charge is 0.370 e. The molecule has 0 amide bonds. The minimum absolute atomic E-state index is 0.129. The molecule has 0 aliphatic heterocycles. The second kappa shape index (κ2) is 6.44. The molecule has 2 aromatic rings. The molecule has 0 saturated heterocycles. The average Bonchev–Trinajstić information content (AvgIpc) is 2.95. The maximum Gasteiger partial charge on any atom is 0.241 e. The van der Waals surface area contributed by atoms with Crippen LogP contribution in [-0.2, 0) is 10.0 Å². The Morgan fingerprint density at radius 1 is 1.28 bits per heavy atom. The number of benzene rings is 1. The molecule has 7 nitrogen and oxygen atoms in total. The predicted molar refractivity (Wildman–Crippen MR) is 99.4 cm³/mol. The monoisotopic (exact) mass is 381 g/mol. The fourth-order valence-electron chi connectivity index (χ4n) is 3.19. The number of aliphatic imine (C=N–C) groups is 1. The molecule has 1 aliphatic carbocycles. The van der Waals surface area contributed by atoms with Gasteiger partial charge in [-0.25, -0.2) is 18.1 Å². The molecular formula is C16H20ClN5O2S. The fraction of sp³-hybridized carbons (Fsp3) is 0.375. The number of nitrogens with one attached hydrogen (secondary N) is 1. The lowest BCUT2D eigenvalue weighted by Gasteiger charge is -2.25. The van der Waals surface area contributed by atoms with E-state index in [1.807, 2.05) is 6.92 Å². The van der Waals surface area contributed by atoms with Crippen molar-refractivity contribution in [2.75, 3.05) is 0 Å². The summed E-state index contributed by atoms with van der Waals surface area (Å²) in [4.78, 5) is 8.18. The standard InChI is InChI=1S/C16H20ClN5O2S/c1-16(6-2-3-7-16)22-25(23,24)10-4-5-11-12(8-10)14(21-15(18)19)20-9-13(11)17/h4-5,8-9,22H,2-3,6-7H2,1H3,(H4,18,19,20,21). The Kier molecular flexibility index (Phi) is 4.61. The van der Waals surface area contributed by atoms with E-state index in [1.165, 1.54) is 18.3 Å². The Morgan fingerprint density at radius 3 is 2.60 bits per heavy atom. The van der Waals surface area contributed by atoms with Crippen LogP contribution in [0.1, 0.15) is 32.6 Å². The van der Waals surface area contributed by atoms with Crippen molar-refractivity contribution >= 4 is 44.2 Å². The Bertz CT molecular complexity index is 948. The maximum atomic E-state index is 12.8. The van der Waals surface area contributed by atoms with Crippen molar-refractivity contribution < 1.29 is 8.42 Å². The summed E-state index contributed by atoms with van der Waals surface area (Å²) in [5.41, 5.74) is 10.4. The molecule has 1 aliphatic rings. The first kappa shape index (κ1) is 17.9. The number of hydrogen-bond donors (Lipinski definition) is 3. The SMILES string of the molecule is CC1(NS(=O)(=O)c2ccc3c(Cl)cnc(N=C(N)N)c3c2)CCCC1. The van der Waals surface area contributed by atoms with E-state index in [9.17, 15) is 8.42 Å². The quantitative estimate of drug-likeness (QED) is 0.554. The number of rotatable bonds is 4. The van der Waals surface area contributed by atoms with Crippen LogP contribution in [0.3, 0.4) is 0 Å². The van der Waals surface area contributed by atoms with Crippen molar-refractivity contribution in [1.82, 2.24) is 9.71 Å². The van der Waals surface area contributed by atoms with Crippen molar-refractivity contribution in [3.63, 3.8) is 0 Å². The second-order valence-electron chi connectivity index (χ2n) is 6.55. The van der Waals surface area contributed by atoms with E-state index in [0.717, 1.165) is 25.7 Å². The number of nitrogens with zero attached hydrogens (tertiary/aromatic N) is 2. The van der Waals surface area contributed by atoms with Gasteiger partial charge in [0.1, 0.15) is 0 Å². The molecule has 0 bridgehead atoms. The van der Waals surface area contributed by atoms with E-state index in [2.05, 4.69) is 14.7 Å². The minimum Gasteiger partial charge on any atom is -0.370 e. The lowest BCUT2D eigenvalue weighted by molar-refractivity contribution is 0.427. The van der Waals surface area contributed by atoms with Gasteiger partial charge in [-0.05, 0) is 31.9 Å². The Balaban J connectivity index is 2.09. The molecule has 25 heavy (non-hydrogen) atoms. The zero-order valence-corrected chi connectivity index (χ0v) is 15.4. The van der Waals surface area contributed by atoms with Gasteiger partial charge in [-0.15, -0.1) is 0 Å². The molecule has 1 aromatic carbocycles. The Labute approximate surface area is 151 Å². The van der Waals surface area contributed by atoms with Crippen molar-refractivity contribution in [3.05, 3.63) is 29.4 Å². The summed E-state index contributed by atoms with van der Waals surface area (Å²) in [6.07, 6.45) is 5.12. The zero-order chi connectivity index (χ0) is 18.2. The smallest absolute Gasteiger partial charge is 0.241 e. The van der Waals surface area contributed by atoms with Gasteiger partial charge in [0, 0.05) is 22.5 Å². The lowest BCUT2D eigenvalue weighted by atomic mass is 10.0. The van der Waals surface area contributed by atoms with Gasteiger partial charge in [-0.3, -0.25) is 0 Å². The van der Waals surface area contributed by atoms with Crippen LogP contribution in [0.25, 0.3) is 10.8 Å². The highest BCUT2D eigenvalue weighted by Crippen LogP contribution is 2.33. The van der Waals surface area contributed by atoms with Crippen LogP contribution < -0.4 is 16.2 Å². The summed E-state index contributed by atoms with van der Waals surface area (Å²) in [5, 5.41) is 1.49. The zero-order valence-electron chi connectivity index (χ0n) is 13.8. The Hall–Kier alpha value is -1.90. The summed E-state index contributed by atoms with van der Waals surface area (Å²) in [6.45, 7) is 1.93. The molecule has 1 fully saturated rings. The van der Waals surface area contributed by atoms with Crippen LogP contribution >= 0.6 is 11.6 Å². The summed E-state index contributed by atoms with van der Waals surface area (Å²) in [7, 11) is -3.68. The summed E-state index contributed by atoms with van der Waals surface area (Å²) >= 11 is 6.15. The van der Waals surface area contributed by atoms with Crippen LogP contribution in [0.5, 0.6) is 0 Å². The second-order valence-corrected chi connectivity index (χ2v) is 8.64. The molecule has 1 heterocycles. The highest BCUT2D eigenvalue weighted by molar-refractivity contribution is 7.89. The van der Waals surface area contributed by atoms with E-state index in [1.54, 1.807) is 6.07 Å². The Morgan fingerprint density at radius 2 is 1.96 bits per heavy atom. The highest BCUT2D eigenvalue weighted by Gasteiger charge is 2.33. The third-order valence-corrected chi connectivity index (χ3v) is 6.36. The number of pyridine rings is 1. The van der Waals surface area contributed by atoms with Crippen LogP contribution in [0.4, 0.5) is 5.82 Å². The van der Waals surface area contributed by atoms with Crippen molar-refractivity contribution in [2.45, 2.75) is 43.0 Å². The van der Waals surface area contributed by atoms with E-state index in [0.29, 0.717) is 15.8 Å². The van der Waals surface area contributed by atoms with Crippen molar-refractivity contribution in [1.29, 1.82) is 0 Å². The third kappa shape index (κ3) is 3.70. The lowest BCUT2D eigenvalue weighted by Crippen LogP contribution is -2.43. The number of guanidine groups is 1. The molecule has 9 heteroatoms. The molecule has 0 unspecified atom stereocenters. The summed E-state index contributed by atoms with van der Waals surface area (Å²) in [5.74, 6) is 0.0597. The van der Waals surface area contributed by atoms with E-state index in [4.69, 9.17) is 23.1 Å². The van der Waals surface area contributed by atoms with Gasteiger partial charge in [0.2, 0.25) is 10.0 Å².